The van der Waals surface area contributed by atoms with Crippen LogP contribution in [0.3, 0.4) is 0 Å². The van der Waals surface area contributed by atoms with Gasteiger partial charge in [0.1, 0.15) is 0 Å². The lowest BCUT2D eigenvalue weighted by Gasteiger charge is -2.30. The molecule has 1 aliphatic heterocycles. The molecule has 3 rings (SSSR count). The second kappa shape index (κ2) is 5.67. The minimum absolute atomic E-state index is 0.0356. The molecule has 114 valence electrons. The number of nitrogens with one attached hydrogen (secondary N) is 1. The Morgan fingerprint density at radius 1 is 1.33 bits per heavy atom. The van der Waals surface area contributed by atoms with Crippen LogP contribution in [0.4, 0.5) is 18.9 Å². The van der Waals surface area contributed by atoms with Crippen LogP contribution in [-0.4, -0.2) is 30.3 Å². The molecule has 0 saturated heterocycles. The van der Waals surface area contributed by atoms with Gasteiger partial charge in [-0.05, 0) is 30.9 Å². The van der Waals surface area contributed by atoms with Gasteiger partial charge in [0.05, 0.1) is 11.9 Å². The number of alkyl halides is 3. The number of hydrogen-bond acceptors (Lipinski definition) is 3. The fourth-order valence-electron chi connectivity index (χ4n) is 2.54. The fourth-order valence-corrected chi connectivity index (χ4v) is 2.54. The maximum Gasteiger partial charge on any atom is 0.412 e. The van der Waals surface area contributed by atoms with Crippen molar-refractivity contribution in [3.63, 3.8) is 0 Å². The van der Waals surface area contributed by atoms with Gasteiger partial charge in [0.2, 0.25) is 0 Å². The van der Waals surface area contributed by atoms with Gasteiger partial charge >= 0.3 is 6.18 Å². The van der Waals surface area contributed by atoms with Crippen molar-refractivity contribution >= 4 is 5.69 Å². The van der Waals surface area contributed by atoms with E-state index >= 15 is 0 Å². The predicted octanol–water partition coefficient (Wildman–Crippen LogP) is 3.03. The van der Waals surface area contributed by atoms with E-state index in [2.05, 4.69) is 10.3 Å². The van der Waals surface area contributed by atoms with Crippen LogP contribution in [0.2, 0.25) is 0 Å². The van der Waals surface area contributed by atoms with Gasteiger partial charge in [-0.3, -0.25) is 4.98 Å². The van der Waals surface area contributed by atoms with Gasteiger partial charge in [-0.2, -0.15) is 13.2 Å². The third kappa shape index (κ3) is 3.56. The number of anilines is 1. The van der Waals surface area contributed by atoms with E-state index in [4.69, 9.17) is 0 Å². The first kappa shape index (κ1) is 14.4. The summed E-state index contributed by atoms with van der Waals surface area (Å²) in [7, 11) is 0. The third-order valence-corrected chi connectivity index (χ3v) is 3.96. The summed E-state index contributed by atoms with van der Waals surface area (Å²) in [5.74, 6) is 0. The van der Waals surface area contributed by atoms with Gasteiger partial charge in [0, 0.05) is 37.4 Å². The SMILES string of the molecule is FC(F)(F)C1=CCN(c2cnccc2CNC2CC2)CC1. The van der Waals surface area contributed by atoms with Gasteiger partial charge < -0.3 is 10.2 Å². The first-order valence-electron chi connectivity index (χ1n) is 7.21. The molecule has 1 fully saturated rings. The lowest BCUT2D eigenvalue weighted by atomic mass is 10.1. The number of rotatable bonds is 4. The molecule has 0 spiro atoms. The van der Waals surface area contributed by atoms with Crippen molar-refractivity contribution in [1.29, 1.82) is 0 Å². The topological polar surface area (TPSA) is 28.2 Å². The normalized spacial score (nSPS) is 19.6. The molecule has 2 heterocycles. The summed E-state index contributed by atoms with van der Waals surface area (Å²) in [5, 5.41) is 3.44. The van der Waals surface area contributed by atoms with Crippen molar-refractivity contribution in [1.82, 2.24) is 10.3 Å². The molecule has 1 N–H and O–H groups in total. The van der Waals surface area contributed by atoms with E-state index < -0.39 is 11.7 Å². The van der Waals surface area contributed by atoms with Crippen LogP contribution in [-0.2, 0) is 6.54 Å². The van der Waals surface area contributed by atoms with E-state index in [1.54, 1.807) is 12.4 Å². The van der Waals surface area contributed by atoms with E-state index in [9.17, 15) is 13.2 Å². The smallest absolute Gasteiger partial charge is 0.366 e. The Morgan fingerprint density at radius 3 is 2.76 bits per heavy atom. The molecule has 0 atom stereocenters. The maximum absolute atomic E-state index is 12.7. The summed E-state index contributed by atoms with van der Waals surface area (Å²) in [5.41, 5.74) is 1.61. The van der Waals surface area contributed by atoms with E-state index in [1.807, 2.05) is 11.0 Å². The number of pyridine rings is 1. The Balaban J connectivity index is 1.71. The largest absolute Gasteiger partial charge is 0.412 e. The quantitative estimate of drug-likeness (QED) is 0.866. The standard InChI is InChI=1S/C15H18F3N3/c16-15(17,18)12-4-7-21(8-5-12)14-10-19-6-3-11(14)9-20-13-1-2-13/h3-4,6,10,13,20H,1-2,5,7-9H2. The summed E-state index contributed by atoms with van der Waals surface area (Å²) < 4.78 is 38.0. The summed E-state index contributed by atoms with van der Waals surface area (Å²) in [6.45, 7) is 1.42. The monoisotopic (exact) mass is 297 g/mol. The van der Waals surface area contributed by atoms with Crippen molar-refractivity contribution in [2.24, 2.45) is 0 Å². The Kier molecular flexibility index (Phi) is 3.89. The Hall–Kier alpha value is -1.56. The predicted molar refractivity (Wildman–Crippen MR) is 75.1 cm³/mol. The molecule has 6 heteroatoms. The molecular formula is C15H18F3N3. The van der Waals surface area contributed by atoms with E-state index in [0.29, 0.717) is 12.6 Å². The molecule has 1 aromatic rings. The molecule has 0 amide bonds. The fraction of sp³-hybridized carbons (Fsp3) is 0.533. The van der Waals surface area contributed by atoms with Gasteiger partial charge in [-0.1, -0.05) is 6.08 Å². The van der Waals surface area contributed by atoms with E-state index in [1.165, 1.54) is 18.9 Å². The Labute approximate surface area is 121 Å². The molecular weight excluding hydrogens is 279 g/mol. The van der Waals surface area contributed by atoms with Gasteiger partial charge in [-0.25, -0.2) is 0 Å². The maximum atomic E-state index is 12.7. The zero-order chi connectivity index (χ0) is 14.9. The minimum atomic E-state index is -4.20. The van der Waals surface area contributed by atoms with Crippen LogP contribution >= 0.6 is 0 Å². The average molecular weight is 297 g/mol. The molecule has 3 nitrogen and oxygen atoms in total. The van der Waals surface area contributed by atoms with Crippen molar-refractivity contribution in [2.75, 3.05) is 18.0 Å². The van der Waals surface area contributed by atoms with Crippen LogP contribution in [0.25, 0.3) is 0 Å². The molecule has 1 aromatic heterocycles. The molecule has 0 unspecified atom stereocenters. The first-order chi connectivity index (χ1) is 10.0. The van der Waals surface area contributed by atoms with Gasteiger partial charge in [0.25, 0.3) is 0 Å². The lowest BCUT2D eigenvalue weighted by Crippen LogP contribution is -2.33. The third-order valence-electron chi connectivity index (χ3n) is 3.96. The van der Waals surface area contributed by atoms with Crippen molar-refractivity contribution in [3.05, 3.63) is 35.7 Å². The lowest BCUT2D eigenvalue weighted by molar-refractivity contribution is -0.0943. The Morgan fingerprint density at radius 2 is 2.14 bits per heavy atom. The van der Waals surface area contributed by atoms with Crippen molar-refractivity contribution < 1.29 is 13.2 Å². The molecule has 1 saturated carbocycles. The van der Waals surface area contributed by atoms with Gasteiger partial charge in [0.15, 0.2) is 0 Å². The highest BCUT2D eigenvalue weighted by molar-refractivity contribution is 5.53. The first-order valence-corrected chi connectivity index (χ1v) is 7.21. The molecule has 0 radical (unpaired) electrons. The minimum Gasteiger partial charge on any atom is -0.366 e. The summed E-state index contributed by atoms with van der Waals surface area (Å²) in [6.07, 6.45) is 3.02. The number of aromatic nitrogens is 1. The zero-order valence-electron chi connectivity index (χ0n) is 11.7. The van der Waals surface area contributed by atoms with Crippen molar-refractivity contribution in [2.45, 2.75) is 38.0 Å². The Bertz CT molecular complexity index is 535. The molecule has 0 bridgehead atoms. The highest BCUT2D eigenvalue weighted by Gasteiger charge is 2.35. The zero-order valence-corrected chi connectivity index (χ0v) is 11.7. The second-order valence-electron chi connectivity index (χ2n) is 5.58. The number of hydrogen-bond donors (Lipinski definition) is 1. The molecule has 21 heavy (non-hydrogen) atoms. The second-order valence-corrected chi connectivity index (χ2v) is 5.58. The van der Waals surface area contributed by atoms with Crippen LogP contribution < -0.4 is 10.2 Å². The van der Waals surface area contributed by atoms with Crippen LogP contribution in [0.5, 0.6) is 0 Å². The number of halogens is 3. The molecule has 1 aliphatic carbocycles. The van der Waals surface area contributed by atoms with Crippen LogP contribution in [0.15, 0.2) is 30.1 Å². The van der Waals surface area contributed by atoms with Gasteiger partial charge in [-0.15, -0.1) is 0 Å². The number of nitrogens with zero attached hydrogens (tertiary/aromatic N) is 2. The molecule has 0 aromatic carbocycles. The average Bonchev–Trinajstić information content (AvgIpc) is 3.29. The highest BCUT2D eigenvalue weighted by atomic mass is 19.4. The molecule has 2 aliphatic rings. The van der Waals surface area contributed by atoms with E-state index in [0.717, 1.165) is 17.8 Å². The highest BCUT2D eigenvalue weighted by Crippen LogP contribution is 2.32. The van der Waals surface area contributed by atoms with Crippen molar-refractivity contribution in [3.8, 4) is 0 Å². The summed E-state index contributed by atoms with van der Waals surface area (Å²) in [4.78, 5) is 6.08. The van der Waals surface area contributed by atoms with Crippen LogP contribution in [0, 0.1) is 0 Å². The summed E-state index contributed by atoms with van der Waals surface area (Å²) >= 11 is 0. The van der Waals surface area contributed by atoms with Crippen LogP contribution in [0.1, 0.15) is 24.8 Å². The van der Waals surface area contributed by atoms with E-state index in [-0.39, 0.29) is 13.0 Å². The summed E-state index contributed by atoms with van der Waals surface area (Å²) in [6, 6.07) is 2.54.